The first-order valence-electron chi connectivity index (χ1n) is 15.5. The van der Waals surface area contributed by atoms with E-state index in [-0.39, 0.29) is 17.9 Å². The highest BCUT2D eigenvalue weighted by molar-refractivity contribution is 6.35. The fourth-order valence-corrected chi connectivity index (χ4v) is 6.95. The summed E-state index contributed by atoms with van der Waals surface area (Å²) in [5.41, 5.74) is 1.76. The van der Waals surface area contributed by atoms with Crippen LogP contribution in [0.5, 0.6) is 5.75 Å². The molecule has 3 saturated heterocycles. The van der Waals surface area contributed by atoms with Crippen LogP contribution < -0.4 is 10.1 Å². The minimum absolute atomic E-state index is 0.0825. The molecule has 42 heavy (non-hydrogen) atoms. The number of rotatable bonds is 10. The first-order valence-corrected chi connectivity index (χ1v) is 16.3. The minimum atomic E-state index is -0.710. The van der Waals surface area contributed by atoms with Gasteiger partial charge in [-0.1, -0.05) is 36.2 Å². The molecule has 3 amide bonds. The van der Waals surface area contributed by atoms with Gasteiger partial charge < -0.3 is 19.9 Å². The molecule has 4 heterocycles. The predicted molar refractivity (Wildman–Crippen MR) is 166 cm³/mol. The average Bonchev–Trinajstić information content (AvgIpc) is 3.74. The largest absolute Gasteiger partial charge is 0.490 e. The number of carbonyl (C=O) groups is 2. The maximum absolute atomic E-state index is 13.9. The van der Waals surface area contributed by atoms with Gasteiger partial charge in [0.25, 0.3) is 0 Å². The number of hydrogen-bond donors (Lipinski definition) is 1. The molecule has 2 unspecified atom stereocenters. The van der Waals surface area contributed by atoms with Gasteiger partial charge in [-0.3, -0.25) is 14.7 Å². The molecule has 3 fully saturated rings. The van der Waals surface area contributed by atoms with E-state index in [9.17, 15) is 9.59 Å². The normalized spacial score (nSPS) is 19.6. The van der Waals surface area contributed by atoms with E-state index >= 15 is 0 Å². The molecule has 1 aromatic heterocycles. The quantitative estimate of drug-likeness (QED) is 0.367. The van der Waals surface area contributed by atoms with Crippen molar-refractivity contribution in [2.45, 2.75) is 76.3 Å². The lowest BCUT2D eigenvalue weighted by molar-refractivity contribution is -0.134. The summed E-state index contributed by atoms with van der Waals surface area (Å²) in [6.07, 6.45) is 9.28. The number of pyridine rings is 1. The van der Waals surface area contributed by atoms with Crippen molar-refractivity contribution in [3.8, 4) is 5.75 Å². The average molecular weight is 617 g/mol. The summed E-state index contributed by atoms with van der Waals surface area (Å²) < 4.78 is 6.39. The Morgan fingerprint density at radius 3 is 2.40 bits per heavy atom. The lowest BCUT2D eigenvalue weighted by atomic mass is 9.91. The van der Waals surface area contributed by atoms with Gasteiger partial charge in [0.15, 0.2) is 0 Å². The highest BCUT2D eigenvalue weighted by Crippen LogP contribution is 2.33. The Labute approximate surface area is 259 Å². The maximum atomic E-state index is 13.9. The molecule has 0 aliphatic carbocycles. The minimum Gasteiger partial charge on any atom is -0.490 e. The van der Waals surface area contributed by atoms with Crippen molar-refractivity contribution in [1.29, 1.82) is 0 Å². The van der Waals surface area contributed by atoms with Crippen molar-refractivity contribution >= 4 is 35.1 Å². The Kier molecular flexibility index (Phi) is 10.9. The van der Waals surface area contributed by atoms with Crippen LogP contribution in [0.2, 0.25) is 10.0 Å². The number of nitrogens with one attached hydrogen (secondary N) is 1. The number of aromatic nitrogens is 1. The van der Waals surface area contributed by atoms with Gasteiger partial charge in [0.2, 0.25) is 5.91 Å². The number of ether oxygens (including phenoxy) is 1. The van der Waals surface area contributed by atoms with Crippen LogP contribution in [0.4, 0.5) is 4.79 Å². The third-order valence-electron chi connectivity index (χ3n) is 8.98. The van der Waals surface area contributed by atoms with Gasteiger partial charge in [-0.25, -0.2) is 4.79 Å². The Hall–Kier alpha value is -2.55. The molecule has 3 aliphatic heterocycles. The van der Waals surface area contributed by atoms with Crippen molar-refractivity contribution in [3.63, 3.8) is 0 Å². The molecular formula is C32H43Cl2N5O3. The van der Waals surface area contributed by atoms with Gasteiger partial charge in [0.1, 0.15) is 18.4 Å². The second-order valence-corrected chi connectivity index (χ2v) is 12.6. The molecular weight excluding hydrogens is 573 g/mol. The van der Waals surface area contributed by atoms with E-state index < -0.39 is 6.04 Å². The van der Waals surface area contributed by atoms with E-state index in [0.717, 1.165) is 62.2 Å². The van der Waals surface area contributed by atoms with E-state index in [4.69, 9.17) is 32.9 Å². The molecule has 1 N–H and O–H groups in total. The zero-order valence-corrected chi connectivity index (χ0v) is 26.1. The van der Waals surface area contributed by atoms with Gasteiger partial charge in [-0.05, 0) is 87.9 Å². The van der Waals surface area contributed by atoms with E-state index in [1.807, 2.05) is 29.3 Å². The van der Waals surface area contributed by atoms with E-state index in [1.165, 1.54) is 12.8 Å². The van der Waals surface area contributed by atoms with Crippen LogP contribution in [0.15, 0.2) is 36.5 Å². The third-order valence-corrected chi connectivity index (χ3v) is 9.57. The first-order chi connectivity index (χ1) is 20.4. The zero-order chi connectivity index (χ0) is 29.5. The van der Waals surface area contributed by atoms with Crippen molar-refractivity contribution in [3.05, 3.63) is 57.8 Å². The molecule has 10 heteroatoms. The Balaban J connectivity index is 1.23. The van der Waals surface area contributed by atoms with Gasteiger partial charge >= 0.3 is 6.03 Å². The summed E-state index contributed by atoms with van der Waals surface area (Å²) >= 11 is 12.6. The fourth-order valence-electron chi connectivity index (χ4n) is 6.47. The highest BCUT2D eigenvalue weighted by Gasteiger charge is 2.33. The summed E-state index contributed by atoms with van der Waals surface area (Å²) in [6.45, 7) is 7.81. The van der Waals surface area contributed by atoms with E-state index in [1.54, 1.807) is 17.0 Å². The van der Waals surface area contributed by atoms with Crippen LogP contribution in [-0.4, -0.2) is 89.6 Å². The second-order valence-electron chi connectivity index (χ2n) is 11.7. The molecule has 228 valence electrons. The summed E-state index contributed by atoms with van der Waals surface area (Å²) in [7, 11) is 0. The highest BCUT2D eigenvalue weighted by atomic mass is 35.5. The number of hydrogen-bond acceptors (Lipinski definition) is 5. The molecule has 0 bridgehead atoms. The zero-order valence-electron chi connectivity index (χ0n) is 24.6. The first kappa shape index (κ1) is 30.9. The molecule has 2 aromatic rings. The Bertz CT molecular complexity index is 1210. The molecule has 2 atom stereocenters. The number of halogens is 2. The summed E-state index contributed by atoms with van der Waals surface area (Å²) in [4.78, 5) is 37.8. The Morgan fingerprint density at radius 1 is 1.00 bits per heavy atom. The van der Waals surface area contributed by atoms with Crippen LogP contribution in [0.3, 0.4) is 0 Å². The van der Waals surface area contributed by atoms with Gasteiger partial charge in [0, 0.05) is 60.8 Å². The number of amides is 3. The topological polar surface area (TPSA) is 78.0 Å². The van der Waals surface area contributed by atoms with E-state index in [2.05, 4.69) is 17.1 Å². The summed E-state index contributed by atoms with van der Waals surface area (Å²) in [5, 5.41) is 4.05. The van der Waals surface area contributed by atoms with Crippen LogP contribution in [0.25, 0.3) is 0 Å². The summed E-state index contributed by atoms with van der Waals surface area (Å²) in [6, 6.07) is 8.74. The van der Waals surface area contributed by atoms with Crippen molar-refractivity contribution in [1.82, 2.24) is 25.0 Å². The number of benzene rings is 1. The Morgan fingerprint density at radius 2 is 1.71 bits per heavy atom. The SMILES string of the molecule is CCC(COc1cccnc1C1CCN(C(=O)C(Cc2ccc(Cl)cc2Cl)NC(=O)N2CCCC2)CC1)N1CCCC1. The molecule has 0 saturated carbocycles. The predicted octanol–water partition coefficient (Wildman–Crippen LogP) is 5.76. The molecule has 0 radical (unpaired) electrons. The number of likely N-dealkylation sites (tertiary alicyclic amines) is 3. The molecule has 3 aliphatic rings. The maximum Gasteiger partial charge on any atom is 0.318 e. The van der Waals surface area contributed by atoms with Gasteiger partial charge in [-0.2, -0.15) is 0 Å². The second kappa shape index (κ2) is 14.8. The molecule has 1 aromatic carbocycles. The van der Waals surface area contributed by atoms with Crippen LogP contribution >= 0.6 is 23.2 Å². The monoisotopic (exact) mass is 615 g/mol. The number of nitrogens with zero attached hydrogens (tertiary/aromatic N) is 4. The standard InChI is InChI=1S/C32H43Cl2N5O3/c1-2-26(37-14-3-4-15-37)22-42-29-8-7-13-35-30(29)23-11-18-38(19-12-23)31(40)28(36-32(41)39-16-5-6-17-39)20-24-9-10-25(33)21-27(24)34/h7-10,13,21,23,26,28H,2-6,11-12,14-20,22H2,1H3,(H,36,41). The number of piperidine rings is 1. The van der Waals surface area contributed by atoms with Crippen molar-refractivity contribution in [2.75, 3.05) is 45.9 Å². The van der Waals surface area contributed by atoms with Gasteiger partial charge in [-0.15, -0.1) is 0 Å². The van der Waals surface area contributed by atoms with Crippen LogP contribution in [0, 0.1) is 0 Å². The lowest BCUT2D eigenvalue weighted by Gasteiger charge is -2.35. The smallest absolute Gasteiger partial charge is 0.318 e. The van der Waals surface area contributed by atoms with Crippen LogP contribution in [-0.2, 0) is 11.2 Å². The van der Waals surface area contributed by atoms with Crippen molar-refractivity contribution < 1.29 is 14.3 Å². The van der Waals surface area contributed by atoms with Crippen molar-refractivity contribution in [2.24, 2.45) is 0 Å². The molecule has 0 spiro atoms. The molecule has 5 rings (SSSR count). The number of urea groups is 1. The third kappa shape index (κ3) is 7.69. The number of carbonyl (C=O) groups excluding carboxylic acids is 2. The van der Waals surface area contributed by atoms with E-state index in [0.29, 0.717) is 55.3 Å². The van der Waals surface area contributed by atoms with Crippen LogP contribution in [0.1, 0.15) is 69.0 Å². The molecule has 8 nitrogen and oxygen atoms in total. The summed E-state index contributed by atoms with van der Waals surface area (Å²) in [5.74, 6) is 0.981. The fraction of sp³-hybridized carbons (Fsp3) is 0.594. The lowest BCUT2D eigenvalue weighted by Crippen LogP contribution is -2.54. The van der Waals surface area contributed by atoms with Gasteiger partial charge in [0.05, 0.1) is 5.69 Å².